The average molecular weight is 361 g/mol. The van der Waals surface area contributed by atoms with Crippen molar-refractivity contribution in [1.29, 1.82) is 0 Å². The highest BCUT2D eigenvalue weighted by Gasteiger charge is 2.41. The van der Waals surface area contributed by atoms with Gasteiger partial charge < -0.3 is 5.11 Å². The van der Waals surface area contributed by atoms with Crippen molar-refractivity contribution in [2.75, 3.05) is 0 Å². The van der Waals surface area contributed by atoms with Gasteiger partial charge in [0.15, 0.2) is 0 Å². The van der Waals surface area contributed by atoms with Gasteiger partial charge in [0.05, 0.1) is 6.07 Å². The van der Waals surface area contributed by atoms with Gasteiger partial charge in [0, 0.05) is 17.6 Å². The fourth-order valence-corrected chi connectivity index (χ4v) is 4.77. The predicted molar refractivity (Wildman–Crippen MR) is 96.3 cm³/mol. The van der Waals surface area contributed by atoms with E-state index in [1.54, 1.807) is 6.07 Å². The fourth-order valence-electron chi connectivity index (χ4n) is 4.56. The van der Waals surface area contributed by atoms with Crippen molar-refractivity contribution in [3.05, 3.63) is 61.8 Å². The first-order valence-corrected chi connectivity index (χ1v) is 9.20. The van der Waals surface area contributed by atoms with Crippen molar-refractivity contribution in [3.63, 3.8) is 0 Å². The molecule has 4 rings (SSSR count). The zero-order valence-electron chi connectivity index (χ0n) is 13.9. The van der Waals surface area contributed by atoms with Crippen LogP contribution in [0, 0.1) is 11.8 Å². The van der Waals surface area contributed by atoms with Crippen molar-refractivity contribution in [1.82, 2.24) is 9.13 Å². The number of hydrogen-bond donors (Lipinski definition) is 1. The van der Waals surface area contributed by atoms with Crippen LogP contribution in [0.25, 0.3) is 0 Å². The van der Waals surface area contributed by atoms with E-state index in [2.05, 4.69) is 0 Å². The summed E-state index contributed by atoms with van der Waals surface area (Å²) in [6, 6.07) is 8.58. The Labute approximate surface area is 150 Å². The van der Waals surface area contributed by atoms with Gasteiger partial charge in [0.1, 0.15) is 0 Å². The minimum atomic E-state index is -0.399. The molecule has 3 atom stereocenters. The first-order valence-electron chi connectivity index (χ1n) is 8.82. The Morgan fingerprint density at radius 1 is 1.16 bits per heavy atom. The highest BCUT2D eigenvalue weighted by atomic mass is 35.5. The molecule has 2 aromatic rings. The maximum absolute atomic E-state index is 12.9. The van der Waals surface area contributed by atoms with Crippen molar-refractivity contribution in [2.24, 2.45) is 11.8 Å². The SMILES string of the molecule is O=c1cc(O)n(CCc2cccc(Cl)c2)c(=O)n1[C@H]1C[C@H]2CC[C@@H]1C2. The number of benzene rings is 1. The van der Waals surface area contributed by atoms with Gasteiger partial charge in [-0.25, -0.2) is 4.79 Å². The van der Waals surface area contributed by atoms with Crippen molar-refractivity contribution in [3.8, 4) is 5.88 Å². The minimum absolute atomic E-state index is 0.0169. The smallest absolute Gasteiger partial charge is 0.334 e. The number of rotatable bonds is 4. The lowest BCUT2D eigenvalue weighted by atomic mass is 9.95. The molecule has 2 aliphatic rings. The Morgan fingerprint density at radius 2 is 2.00 bits per heavy atom. The molecule has 0 spiro atoms. The molecule has 1 heterocycles. The number of nitrogens with zero attached hydrogens (tertiary/aromatic N) is 2. The minimum Gasteiger partial charge on any atom is -0.494 e. The van der Waals surface area contributed by atoms with Crippen molar-refractivity contribution < 1.29 is 5.11 Å². The van der Waals surface area contributed by atoms with E-state index in [1.807, 2.05) is 18.2 Å². The number of aromatic hydroxyl groups is 1. The summed E-state index contributed by atoms with van der Waals surface area (Å²) in [5.74, 6) is 0.785. The predicted octanol–water partition coefficient (Wildman–Crippen LogP) is 2.97. The molecule has 132 valence electrons. The lowest BCUT2D eigenvalue weighted by molar-refractivity contribution is 0.297. The molecule has 0 unspecified atom stereocenters. The molecule has 2 saturated carbocycles. The van der Waals surface area contributed by atoms with E-state index in [4.69, 9.17) is 11.6 Å². The van der Waals surface area contributed by atoms with Gasteiger partial charge in [0.25, 0.3) is 5.56 Å². The van der Waals surface area contributed by atoms with Crippen LogP contribution in [0.1, 0.15) is 37.3 Å². The largest absolute Gasteiger partial charge is 0.494 e. The van der Waals surface area contributed by atoms with Gasteiger partial charge in [-0.3, -0.25) is 13.9 Å². The van der Waals surface area contributed by atoms with Gasteiger partial charge in [-0.2, -0.15) is 0 Å². The van der Waals surface area contributed by atoms with Crippen LogP contribution in [-0.2, 0) is 13.0 Å². The molecule has 1 aromatic carbocycles. The van der Waals surface area contributed by atoms with Crippen LogP contribution in [-0.4, -0.2) is 14.2 Å². The van der Waals surface area contributed by atoms with E-state index in [0.717, 1.165) is 24.8 Å². The Kier molecular flexibility index (Phi) is 4.20. The van der Waals surface area contributed by atoms with Crippen LogP contribution >= 0.6 is 11.6 Å². The van der Waals surface area contributed by atoms with Crippen molar-refractivity contribution in [2.45, 2.75) is 44.7 Å². The van der Waals surface area contributed by atoms with Gasteiger partial charge in [0.2, 0.25) is 5.88 Å². The quantitative estimate of drug-likeness (QED) is 0.911. The molecule has 0 radical (unpaired) electrons. The Hall–Kier alpha value is -2.01. The Morgan fingerprint density at radius 3 is 2.68 bits per heavy atom. The topological polar surface area (TPSA) is 64.2 Å². The number of aryl methyl sites for hydroxylation is 1. The van der Waals surface area contributed by atoms with Crippen LogP contribution in [0.2, 0.25) is 5.02 Å². The van der Waals surface area contributed by atoms with E-state index >= 15 is 0 Å². The molecule has 0 amide bonds. The van der Waals surface area contributed by atoms with Crippen LogP contribution in [0.15, 0.2) is 39.9 Å². The lowest BCUT2D eigenvalue weighted by Gasteiger charge is -2.24. The summed E-state index contributed by atoms with van der Waals surface area (Å²) >= 11 is 5.99. The van der Waals surface area contributed by atoms with Gasteiger partial charge in [-0.1, -0.05) is 30.2 Å². The first kappa shape index (κ1) is 16.5. The zero-order valence-corrected chi connectivity index (χ0v) is 14.7. The summed E-state index contributed by atoms with van der Waals surface area (Å²) in [6.45, 7) is 0.312. The molecule has 0 aliphatic heterocycles. The highest BCUT2D eigenvalue weighted by Crippen LogP contribution is 2.49. The van der Waals surface area contributed by atoms with E-state index in [-0.39, 0.29) is 17.5 Å². The molecule has 25 heavy (non-hydrogen) atoms. The Bertz CT molecular complexity index is 918. The molecule has 0 saturated heterocycles. The van der Waals surface area contributed by atoms with E-state index in [1.165, 1.54) is 21.6 Å². The molecule has 2 bridgehead atoms. The molecule has 1 aromatic heterocycles. The summed E-state index contributed by atoms with van der Waals surface area (Å²) in [6.07, 6.45) is 4.86. The van der Waals surface area contributed by atoms with E-state index in [9.17, 15) is 14.7 Å². The molecular formula is C19H21ClN2O3. The summed E-state index contributed by atoms with van der Waals surface area (Å²) in [7, 11) is 0. The van der Waals surface area contributed by atoms with E-state index < -0.39 is 5.69 Å². The van der Waals surface area contributed by atoms with Gasteiger partial charge in [-0.15, -0.1) is 0 Å². The number of hydrogen-bond acceptors (Lipinski definition) is 3. The number of halogens is 1. The first-order chi connectivity index (χ1) is 12.0. The van der Waals surface area contributed by atoms with Crippen LogP contribution in [0.4, 0.5) is 0 Å². The highest BCUT2D eigenvalue weighted by molar-refractivity contribution is 6.30. The third-order valence-electron chi connectivity index (χ3n) is 5.75. The summed E-state index contributed by atoms with van der Waals surface area (Å²) in [5, 5.41) is 10.8. The Balaban J connectivity index is 1.65. The van der Waals surface area contributed by atoms with Crippen LogP contribution in [0.5, 0.6) is 5.88 Å². The van der Waals surface area contributed by atoms with Gasteiger partial charge >= 0.3 is 5.69 Å². The normalized spacial score (nSPS) is 24.8. The number of aromatic nitrogens is 2. The second-order valence-corrected chi connectivity index (χ2v) is 7.70. The van der Waals surface area contributed by atoms with Gasteiger partial charge in [-0.05, 0) is 55.2 Å². The van der Waals surface area contributed by atoms with Crippen LogP contribution in [0.3, 0.4) is 0 Å². The molecule has 5 nitrogen and oxygen atoms in total. The summed E-state index contributed by atoms with van der Waals surface area (Å²) < 4.78 is 2.68. The maximum Gasteiger partial charge on any atom is 0.334 e. The standard InChI is InChI=1S/C19H21ClN2O3/c20-15-3-1-2-12(9-15)6-7-21-17(23)11-18(24)22(19(21)25)16-10-13-4-5-14(16)8-13/h1-3,9,11,13-14,16,23H,4-8,10H2/t13-,14+,16-/m0/s1. The maximum atomic E-state index is 12.9. The molecule has 6 heteroatoms. The average Bonchev–Trinajstić information content (AvgIpc) is 3.17. The molecular weight excluding hydrogens is 340 g/mol. The third-order valence-corrected chi connectivity index (χ3v) is 5.98. The fraction of sp³-hybridized carbons (Fsp3) is 0.474. The van der Waals surface area contributed by atoms with Crippen LogP contribution < -0.4 is 11.2 Å². The second kappa shape index (κ2) is 6.37. The number of fused-ring (bicyclic) bond motifs is 2. The second-order valence-electron chi connectivity index (χ2n) is 7.27. The monoisotopic (exact) mass is 360 g/mol. The molecule has 2 fully saturated rings. The summed E-state index contributed by atoms with van der Waals surface area (Å²) in [4.78, 5) is 25.3. The van der Waals surface area contributed by atoms with E-state index in [0.29, 0.717) is 29.8 Å². The molecule has 2 aliphatic carbocycles. The summed E-state index contributed by atoms with van der Waals surface area (Å²) in [5.41, 5.74) is 0.195. The molecule has 1 N–H and O–H groups in total. The zero-order chi connectivity index (χ0) is 17.6. The van der Waals surface area contributed by atoms with Crippen molar-refractivity contribution >= 4 is 11.6 Å². The third kappa shape index (κ3) is 3.01. The lowest BCUT2D eigenvalue weighted by Crippen LogP contribution is -2.43.